The molecule has 1 aliphatic carbocycles. The van der Waals surface area contributed by atoms with Gasteiger partial charge < -0.3 is 9.84 Å². The number of carbonyl (C=O) groups excluding carboxylic acids is 1. The summed E-state index contributed by atoms with van der Waals surface area (Å²) in [6, 6.07) is 9.90. The van der Waals surface area contributed by atoms with Crippen LogP contribution in [0.15, 0.2) is 34.9 Å². The first-order chi connectivity index (χ1) is 14.5. The first-order valence-corrected chi connectivity index (χ1v) is 10.5. The summed E-state index contributed by atoms with van der Waals surface area (Å²) in [5, 5.41) is 14.3. The van der Waals surface area contributed by atoms with Gasteiger partial charge in [-0.2, -0.15) is 10.1 Å². The molecule has 30 heavy (non-hydrogen) atoms. The zero-order chi connectivity index (χ0) is 20.7. The molecule has 5 rings (SSSR count). The lowest BCUT2D eigenvalue weighted by molar-refractivity contribution is -0.117. The van der Waals surface area contributed by atoms with Gasteiger partial charge in [-0.1, -0.05) is 41.9 Å². The summed E-state index contributed by atoms with van der Waals surface area (Å²) >= 11 is 0. The number of amides is 1. The number of H-pyrrole nitrogens is 1. The molecule has 0 bridgehead atoms. The molecule has 8 heteroatoms. The van der Waals surface area contributed by atoms with E-state index in [0.717, 1.165) is 55.0 Å². The molecule has 0 radical (unpaired) electrons. The van der Waals surface area contributed by atoms with Crippen molar-refractivity contribution in [3.05, 3.63) is 47.6 Å². The molecule has 0 spiro atoms. The fourth-order valence-electron chi connectivity index (χ4n) is 5.11. The molecule has 3 aromatic rings. The van der Waals surface area contributed by atoms with E-state index in [1.165, 1.54) is 0 Å². The molecule has 3 heterocycles. The van der Waals surface area contributed by atoms with Gasteiger partial charge in [0.15, 0.2) is 0 Å². The number of hydrogen-bond donors (Lipinski definition) is 2. The fraction of sp³-hybridized carbons (Fsp3) is 0.455. The first-order valence-electron chi connectivity index (χ1n) is 10.5. The van der Waals surface area contributed by atoms with Gasteiger partial charge in [-0.15, -0.1) is 0 Å². The van der Waals surface area contributed by atoms with Crippen LogP contribution in [0.2, 0.25) is 0 Å². The monoisotopic (exact) mass is 406 g/mol. The Labute approximate surface area is 175 Å². The summed E-state index contributed by atoms with van der Waals surface area (Å²) in [5.74, 6) is 1.76. The zero-order valence-corrected chi connectivity index (χ0v) is 17.3. The minimum atomic E-state index is -0.151. The van der Waals surface area contributed by atoms with Gasteiger partial charge in [-0.05, 0) is 32.6 Å². The van der Waals surface area contributed by atoms with E-state index in [0.29, 0.717) is 24.2 Å². The maximum absolute atomic E-state index is 12.7. The van der Waals surface area contributed by atoms with Crippen molar-refractivity contribution in [3.63, 3.8) is 0 Å². The quantitative estimate of drug-likeness (QED) is 0.675. The number of rotatable bonds is 5. The van der Waals surface area contributed by atoms with Crippen molar-refractivity contribution >= 4 is 11.6 Å². The normalized spacial score (nSPS) is 23.6. The molecule has 1 saturated carbocycles. The van der Waals surface area contributed by atoms with Crippen LogP contribution in [0.5, 0.6) is 0 Å². The molecule has 8 nitrogen and oxygen atoms in total. The van der Waals surface area contributed by atoms with E-state index < -0.39 is 0 Å². The van der Waals surface area contributed by atoms with Crippen molar-refractivity contribution in [1.29, 1.82) is 0 Å². The second-order valence-corrected chi connectivity index (χ2v) is 8.56. The highest BCUT2D eigenvalue weighted by Crippen LogP contribution is 2.50. The minimum absolute atomic E-state index is 0.0202. The summed E-state index contributed by atoms with van der Waals surface area (Å²) in [6.07, 6.45) is 3.30. The number of anilines is 1. The molecule has 1 aliphatic heterocycles. The molecule has 156 valence electrons. The maximum atomic E-state index is 12.7. The Morgan fingerprint density at radius 3 is 2.93 bits per heavy atom. The largest absolute Gasteiger partial charge is 0.338 e. The van der Waals surface area contributed by atoms with Gasteiger partial charge in [-0.3, -0.25) is 14.8 Å². The van der Waals surface area contributed by atoms with Gasteiger partial charge in [0.25, 0.3) is 0 Å². The van der Waals surface area contributed by atoms with Crippen LogP contribution in [0.25, 0.3) is 11.4 Å². The van der Waals surface area contributed by atoms with E-state index >= 15 is 0 Å². The van der Waals surface area contributed by atoms with Crippen molar-refractivity contribution in [2.45, 2.75) is 38.5 Å². The minimum Gasteiger partial charge on any atom is -0.338 e. The maximum Gasteiger partial charge on any atom is 0.238 e. The highest BCUT2D eigenvalue weighted by molar-refractivity contribution is 5.93. The average Bonchev–Trinajstić information content (AvgIpc) is 3.49. The van der Waals surface area contributed by atoms with Gasteiger partial charge in [0.05, 0.1) is 29.0 Å². The third kappa shape index (κ3) is 3.21. The Bertz CT molecular complexity index is 1040. The Morgan fingerprint density at radius 2 is 2.17 bits per heavy atom. The van der Waals surface area contributed by atoms with E-state index in [1.54, 1.807) is 0 Å². The Hall–Kier alpha value is -3.00. The number of aromatic nitrogens is 4. The molecular weight excluding hydrogens is 380 g/mol. The number of benzene rings is 1. The van der Waals surface area contributed by atoms with Crippen LogP contribution < -0.4 is 5.32 Å². The number of nitrogens with one attached hydrogen (secondary N) is 2. The molecule has 2 fully saturated rings. The number of fused-ring (bicyclic) bond motifs is 1. The predicted molar refractivity (Wildman–Crippen MR) is 112 cm³/mol. The first kappa shape index (κ1) is 19.0. The second kappa shape index (κ2) is 7.36. The number of carbonyl (C=O) groups is 1. The Balaban J connectivity index is 1.32. The SMILES string of the molecule is Cc1n[nH]c(C)c1NC(=O)CN1C[C@H]2CCC[C@@]2(c2nc(-c3ccccc3)no2)C1. The van der Waals surface area contributed by atoms with Crippen molar-refractivity contribution in [2.24, 2.45) is 5.92 Å². The summed E-state index contributed by atoms with van der Waals surface area (Å²) in [5.41, 5.74) is 3.25. The van der Waals surface area contributed by atoms with E-state index in [-0.39, 0.29) is 11.3 Å². The van der Waals surface area contributed by atoms with Crippen LogP contribution in [0.3, 0.4) is 0 Å². The lowest BCUT2D eigenvalue weighted by atomic mass is 9.80. The number of hydrogen-bond acceptors (Lipinski definition) is 6. The number of likely N-dealkylation sites (tertiary alicyclic amines) is 1. The van der Waals surface area contributed by atoms with Crippen LogP contribution in [0.4, 0.5) is 5.69 Å². The molecule has 2 aliphatic rings. The standard InChI is InChI=1S/C22H26N6O2/c1-14-19(15(2)26-25-14)23-18(29)12-28-11-17-9-6-10-22(17,13-28)21-24-20(27-30-21)16-7-4-3-5-8-16/h3-5,7-8,17H,6,9-13H2,1-2H3,(H,23,29)(H,25,26)/t17-,22-/m1/s1. The van der Waals surface area contributed by atoms with Gasteiger partial charge in [0.1, 0.15) is 0 Å². The van der Waals surface area contributed by atoms with Crippen molar-refractivity contribution in [3.8, 4) is 11.4 Å². The average molecular weight is 406 g/mol. The van der Waals surface area contributed by atoms with Crippen LogP contribution >= 0.6 is 0 Å². The fourth-order valence-corrected chi connectivity index (χ4v) is 5.11. The Morgan fingerprint density at radius 1 is 1.33 bits per heavy atom. The zero-order valence-electron chi connectivity index (χ0n) is 17.3. The van der Waals surface area contributed by atoms with Crippen LogP contribution in [-0.4, -0.2) is 50.8 Å². The summed E-state index contributed by atoms with van der Waals surface area (Å²) < 4.78 is 5.78. The lowest BCUT2D eigenvalue weighted by Gasteiger charge is -2.24. The van der Waals surface area contributed by atoms with Gasteiger partial charge >= 0.3 is 0 Å². The second-order valence-electron chi connectivity index (χ2n) is 8.56. The third-order valence-electron chi connectivity index (χ3n) is 6.58. The number of aromatic amines is 1. The lowest BCUT2D eigenvalue weighted by Crippen LogP contribution is -2.36. The van der Waals surface area contributed by atoms with E-state index in [2.05, 4.69) is 25.6 Å². The smallest absolute Gasteiger partial charge is 0.238 e. The third-order valence-corrected chi connectivity index (χ3v) is 6.58. The van der Waals surface area contributed by atoms with Crippen molar-refractivity contribution < 1.29 is 9.32 Å². The van der Waals surface area contributed by atoms with Gasteiger partial charge in [-0.25, -0.2) is 0 Å². The highest BCUT2D eigenvalue weighted by atomic mass is 16.5. The molecule has 1 aromatic carbocycles. The van der Waals surface area contributed by atoms with E-state index in [9.17, 15) is 4.79 Å². The summed E-state index contributed by atoms with van der Waals surface area (Å²) in [6.45, 7) is 5.78. The Kier molecular flexibility index (Phi) is 4.66. The van der Waals surface area contributed by atoms with E-state index in [1.807, 2.05) is 44.2 Å². The highest BCUT2D eigenvalue weighted by Gasteiger charge is 2.54. The predicted octanol–water partition coefficient (Wildman–Crippen LogP) is 3.07. The van der Waals surface area contributed by atoms with Crippen molar-refractivity contribution in [2.75, 3.05) is 25.0 Å². The number of nitrogens with zero attached hydrogens (tertiary/aromatic N) is 4. The topological polar surface area (TPSA) is 99.9 Å². The van der Waals surface area contributed by atoms with Crippen LogP contribution in [-0.2, 0) is 10.2 Å². The van der Waals surface area contributed by atoms with Gasteiger partial charge in [0.2, 0.25) is 17.6 Å². The molecule has 1 amide bonds. The van der Waals surface area contributed by atoms with Crippen molar-refractivity contribution in [1.82, 2.24) is 25.2 Å². The molecule has 0 unspecified atom stereocenters. The summed E-state index contributed by atoms with van der Waals surface area (Å²) in [7, 11) is 0. The molecule has 2 atom stereocenters. The molecule has 2 N–H and O–H groups in total. The number of aryl methyl sites for hydroxylation is 2. The molecular formula is C22H26N6O2. The molecule has 1 saturated heterocycles. The van der Waals surface area contributed by atoms with Crippen LogP contribution in [0, 0.1) is 19.8 Å². The molecule has 2 aromatic heterocycles. The summed E-state index contributed by atoms with van der Waals surface area (Å²) in [4.78, 5) is 19.7. The van der Waals surface area contributed by atoms with Crippen LogP contribution in [0.1, 0.15) is 36.5 Å². The van der Waals surface area contributed by atoms with E-state index in [4.69, 9.17) is 9.51 Å². The van der Waals surface area contributed by atoms with Gasteiger partial charge in [0, 0.05) is 18.7 Å².